The Labute approximate surface area is 175 Å². The van der Waals surface area contributed by atoms with Crippen molar-refractivity contribution in [3.05, 3.63) is 113 Å². The molecule has 30 heavy (non-hydrogen) atoms. The number of rotatable bonds is 3. The molecule has 1 aliphatic rings. The Hall–Kier alpha value is -3.97. The normalized spacial score (nSPS) is 20.6. The largest absolute Gasteiger partial charge is 0.385 e. The van der Waals surface area contributed by atoms with E-state index in [1.54, 1.807) is 12.1 Å². The highest BCUT2D eigenvalue weighted by molar-refractivity contribution is 6.11. The third-order valence-electron chi connectivity index (χ3n) is 6.20. The van der Waals surface area contributed by atoms with Gasteiger partial charge >= 0.3 is 5.69 Å². The zero-order chi connectivity index (χ0) is 20.7. The number of hydrogen-bond acceptors (Lipinski definition) is 2. The molecule has 4 nitrogen and oxygen atoms in total. The third kappa shape index (κ3) is 2.53. The first-order valence-electron chi connectivity index (χ1n) is 9.96. The Kier molecular flexibility index (Phi) is 4.11. The van der Waals surface area contributed by atoms with Crippen molar-refractivity contribution in [2.45, 2.75) is 18.4 Å². The van der Waals surface area contributed by atoms with Crippen LogP contribution >= 0.6 is 0 Å². The molecule has 1 amide bonds. The predicted octanol–water partition coefficient (Wildman–Crippen LogP) is 6.37. The lowest BCUT2D eigenvalue weighted by Gasteiger charge is -2.55. The zero-order valence-corrected chi connectivity index (χ0v) is 16.6. The number of amides is 1. The van der Waals surface area contributed by atoms with Crippen molar-refractivity contribution >= 4 is 28.1 Å². The van der Waals surface area contributed by atoms with Crippen LogP contribution < -0.4 is 4.90 Å². The lowest BCUT2D eigenvalue weighted by molar-refractivity contribution is -0.132. The second-order valence-electron chi connectivity index (χ2n) is 7.83. The van der Waals surface area contributed by atoms with E-state index >= 15 is 0 Å². The second-order valence-corrected chi connectivity index (χ2v) is 7.83. The van der Waals surface area contributed by atoms with E-state index in [-0.39, 0.29) is 11.9 Å². The molecule has 0 aliphatic carbocycles. The lowest BCUT2D eigenvalue weighted by Crippen LogP contribution is -2.65. The Morgan fingerprint density at radius 2 is 1.50 bits per heavy atom. The van der Waals surface area contributed by atoms with Gasteiger partial charge in [0.25, 0.3) is 0 Å². The number of carbonyl (C=O) groups excluding carboxylic acids is 1. The molecular weight excluding hydrogens is 370 g/mol. The molecule has 1 heterocycles. The van der Waals surface area contributed by atoms with Crippen LogP contribution in [0.25, 0.3) is 15.7 Å². The number of β-lactam (4-membered cyclic amide) rings is 1. The minimum atomic E-state index is -0.728. The minimum Gasteiger partial charge on any atom is -0.303 e. The van der Waals surface area contributed by atoms with Gasteiger partial charge in [-0.1, -0.05) is 60.7 Å². The van der Waals surface area contributed by atoms with E-state index < -0.39 is 5.41 Å². The maximum atomic E-state index is 13.6. The van der Waals surface area contributed by atoms with Crippen LogP contribution in [0.2, 0.25) is 0 Å². The summed E-state index contributed by atoms with van der Waals surface area (Å²) < 4.78 is 0. The van der Waals surface area contributed by atoms with E-state index in [9.17, 15) is 4.79 Å². The van der Waals surface area contributed by atoms with E-state index in [1.807, 2.05) is 66.4 Å². The van der Waals surface area contributed by atoms with Gasteiger partial charge in [0.1, 0.15) is 0 Å². The van der Waals surface area contributed by atoms with Crippen LogP contribution in [0.15, 0.2) is 97.1 Å². The number of fused-ring (bicyclic) bond motifs is 1. The van der Waals surface area contributed by atoms with Crippen LogP contribution in [0.3, 0.4) is 0 Å². The Morgan fingerprint density at radius 1 is 0.833 bits per heavy atom. The molecule has 4 aromatic carbocycles. The molecular formula is C26H20N3O+. The second kappa shape index (κ2) is 6.82. The fraction of sp³-hybridized carbons (Fsp3) is 0.115. The number of diazo groups is 1. The molecule has 0 radical (unpaired) electrons. The molecule has 5 rings (SSSR count). The summed E-state index contributed by atoms with van der Waals surface area (Å²) in [5, 5.41) is 11.3. The molecule has 2 atom stereocenters. The van der Waals surface area contributed by atoms with Crippen molar-refractivity contribution in [1.82, 2.24) is 0 Å². The van der Waals surface area contributed by atoms with Gasteiger partial charge in [-0.15, -0.1) is 0 Å². The standard InChI is InChI=1S/C26H20N3O/c1-26(19-14-16-20(28-27)17-15-19)24(29(25(26)30)21-10-3-2-4-11-21)23-13-7-9-18-8-5-6-12-22(18)23/h2-17,24H,1H3/q+1/t24-,26-/m1/s1. The molecule has 0 N–H and O–H groups in total. The average molecular weight is 390 g/mol. The fourth-order valence-electron chi connectivity index (χ4n) is 4.63. The molecule has 0 spiro atoms. The number of nitrogens with zero attached hydrogens (tertiary/aromatic N) is 3. The summed E-state index contributed by atoms with van der Waals surface area (Å²) in [6.45, 7) is 2.01. The van der Waals surface area contributed by atoms with Crippen LogP contribution in [-0.2, 0) is 10.2 Å². The van der Waals surface area contributed by atoms with Gasteiger partial charge in [0.05, 0.1) is 11.5 Å². The van der Waals surface area contributed by atoms with Gasteiger partial charge in [0.15, 0.2) is 4.98 Å². The molecule has 4 heteroatoms. The van der Waals surface area contributed by atoms with Gasteiger partial charge in [-0.05, 0) is 53.1 Å². The van der Waals surface area contributed by atoms with E-state index in [2.05, 4.69) is 35.3 Å². The molecule has 144 valence electrons. The van der Waals surface area contributed by atoms with Crippen molar-refractivity contribution in [3.8, 4) is 0 Å². The predicted molar refractivity (Wildman–Crippen MR) is 119 cm³/mol. The van der Waals surface area contributed by atoms with E-state index in [0.29, 0.717) is 5.69 Å². The van der Waals surface area contributed by atoms with Crippen molar-refractivity contribution in [1.29, 1.82) is 5.39 Å². The molecule has 0 unspecified atom stereocenters. The van der Waals surface area contributed by atoms with Crippen LogP contribution in [0.4, 0.5) is 11.4 Å². The van der Waals surface area contributed by atoms with Gasteiger partial charge in [0, 0.05) is 17.8 Å². The molecule has 4 aromatic rings. The minimum absolute atomic E-state index is 0.0559. The molecule has 1 saturated heterocycles. The summed E-state index contributed by atoms with van der Waals surface area (Å²) in [6.07, 6.45) is 0. The van der Waals surface area contributed by atoms with Gasteiger partial charge in [-0.2, -0.15) is 0 Å². The molecule has 1 fully saturated rings. The van der Waals surface area contributed by atoms with Gasteiger partial charge < -0.3 is 4.90 Å². The molecule has 0 aromatic heterocycles. The highest BCUT2D eigenvalue weighted by atomic mass is 16.2. The van der Waals surface area contributed by atoms with Crippen molar-refractivity contribution in [2.24, 2.45) is 0 Å². The van der Waals surface area contributed by atoms with E-state index in [4.69, 9.17) is 5.39 Å². The first-order valence-corrected chi connectivity index (χ1v) is 9.96. The summed E-state index contributed by atoms with van der Waals surface area (Å²) >= 11 is 0. The number of para-hydroxylation sites is 1. The molecule has 0 bridgehead atoms. The number of benzene rings is 4. The topological polar surface area (TPSA) is 48.5 Å². The van der Waals surface area contributed by atoms with Crippen LogP contribution in [0, 0.1) is 5.39 Å². The van der Waals surface area contributed by atoms with E-state index in [0.717, 1.165) is 27.6 Å². The molecule has 1 aliphatic heterocycles. The summed E-state index contributed by atoms with van der Waals surface area (Å²) in [5.41, 5.74) is 2.66. The smallest absolute Gasteiger partial charge is 0.303 e. The monoisotopic (exact) mass is 390 g/mol. The maximum Gasteiger partial charge on any atom is 0.385 e. The fourth-order valence-corrected chi connectivity index (χ4v) is 4.63. The highest BCUT2D eigenvalue weighted by Gasteiger charge is 2.59. The summed E-state index contributed by atoms with van der Waals surface area (Å²) in [4.78, 5) is 18.7. The third-order valence-corrected chi connectivity index (χ3v) is 6.20. The van der Waals surface area contributed by atoms with Crippen molar-refractivity contribution < 1.29 is 4.79 Å². The number of carbonyl (C=O) groups is 1. The number of hydrogen-bond donors (Lipinski definition) is 0. The Morgan fingerprint density at radius 3 is 2.23 bits per heavy atom. The van der Waals surface area contributed by atoms with Crippen LogP contribution in [0.5, 0.6) is 0 Å². The molecule has 0 saturated carbocycles. The van der Waals surface area contributed by atoms with Crippen LogP contribution in [-0.4, -0.2) is 5.91 Å². The van der Waals surface area contributed by atoms with Gasteiger partial charge in [0.2, 0.25) is 11.3 Å². The Balaban J connectivity index is 1.72. The van der Waals surface area contributed by atoms with Gasteiger partial charge in [-0.3, -0.25) is 4.79 Å². The summed E-state index contributed by atoms with van der Waals surface area (Å²) in [7, 11) is 0. The summed E-state index contributed by atoms with van der Waals surface area (Å²) in [6, 6.07) is 31.4. The maximum absolute atomic E-state index is 13.6. The quantitative estimate of drug-likeness (QED) is 0.301. The summed E-state index contributed by atoms with van der Waals surface area (Å²) in [5.74, 6) is 0.0559. The number of anilines is 1. The zero-order valence-electron chi connectivity index (χ0n) is 16.6. The van der Waals surface area contributed by atoms with E-state index in [1.165, 1.54) is 0 Å². The van der Waals surface area contributed by atoms with Crippen LogP contribution in [0.1, 0.15) is 24.1 Å². The van der Waals surface area contributed by atoms with Crippen molar-refractivity contribution in [3.63, 3.8) is 0 Å². The highest BCUT2D eigenvalue weighted by Crippen LogP contribution is 2.54. The Bertz CT molecular complexity index is 1290. The lowest BCUT2D eigenvalue weighted by atomic mass is 9.64. The van der Waals surface area contributed by atoms with Gasteiger partial charge in [-0.25, -0.2) is 0 Å². The first kappa shape index (κ1) is 18.1. The van der Waals surface area contributed by atoms with Crippen molar-refractivity contribution in [2.75, 3.05) is 4.90 Å². The average Bonchev–Trinajstić information content (AvgIpc) is 2.82. The first-order chi connectivity index (χ1) is 14.6. The SMILES string of the molecule is C[C@]1(c2ccc([N+]#N)cc2)C(=O)N(c2ccccc2)[C@@H]1c1cccc2ccccc12.